The van der Waals surface area contributed by atoms with Gasteiger partial charge in [0.05, 0.1) is 6.04 Å². The fourth-order valence-electron chi connectivity index (χ4n) is 2.80. The largest absolute Gasteiger partial charge is 0.465 e. The summed E-state index contributed by atoms with van der Waals surface area (Å²) in [7, 11) is 0. The van der Waals surface area contributed by atoms with Crippen molar-refractivity contribution in [2.75, 3.05) is 13.1 Å². The van der Waals surface area contributed by atoms with Gasteiger partial charge in [0.25, 0.3) is 0 Å². The van der Waals surface area contributed by atoms with Crippen LogP contribution in [0.4, 0.5) is 4.79 Å². The van der Waals surface area contributed by atoms with Crippen LogP contribution < -0.4 is 0 Å². The lowest BCUT2D eigenvalue weighted by molar-refractivity contribution is -0.140. The summed E-state index contributed by atoms with van der Waals surface area (Å²) in [5.74, 6) is -0.0240. The minimum Gasteiger partial charge on any atom is -0.465 e. The summed E-state index contributed by atoms with van der Waals surface area (Å²) in [5, 5.41) is 9.49. The molecule has 0 unspecified atom stereocenters. The van der Waals surface area contributed by atoms with Gasteiger partial charge in [-0.2, -0.15) is 0 Å². The minimum absolute atomic E-state index is 0.0691. The Morgan fingerprint density at radius 2 is 1.77 bits per heavy atom. The molecule has 6 heteroatoms. The Hall–Kier alpha value is -1.56. The maximum absolute atomic E-state index is 12.4. The molecule has 1 aliphatic rings. The Balaban J connectivity index is 2.32. The highest BCUT2D eigenvalue weighted by molar-refractivity contribution is 9.10. The number of halogens is 1. The molecule has 5 nitrogen and oxygen atoms in total. The Labute approximate surface area is 139 Å². The minimum atomic E-state index is -0.948. The quantitative estimate of drug-likeness (QED) is 0.870. The molecule has 1 aromatic rings. The zero-order valence-corrected chi connectivity index (χ0v) is 14.6. The topological polar surface area (TPSA) is 60.9 Å². The van der Waals surface area contributed by atoms with Crippen molar-refractivity contribution in [3.05, 3.63) is 34.3 Å². The number of carboxylic acid groups (broad SMARTS) is 1. The zero-order chi connectivity index (χ0) is 16.4. The molecule has 1 N–H and O–H groups in total. The second-order valence-electron chi connectivity index (χ2n) is 6.00. The van der Waals surface area contributed by atoms with Gasteiger partial charge in [0.1, 0.15) is 0 Å². The second kappa shape index (κ2) is 6.69. The van der Waals surface area contributed by atoms with Gasteiger partial charge < -0.3 is 10.0 Å². The van der Waals surface area contributed by atoms with Crippen LogP contribution in [0.3, 0.4) is 0 Å². The molecule has 2 amide bonds. The fourth-order valence-corrected chi connectivity index (χ4v) is 3.06. The van der Waals surface area contributed by atoms with Crippen LogP contribution in [0.2, 0.25) is 0 Å². The highest BCUT2D eigenvalue weighted by Crippen LogP contribution is 2.29. The van der Waals surface area contributed by atoms with Crippen molar-refractivity contribution in [3.63, 3.8) is 0 Å². The standard InChI is InChI=1S/C16H21BrN2O3/c1-10(2)15(20)18-9-14(12-4-6-13(17)7-5-12)19(16(21)22)8-11(18)3/h4-7,10-11,14H,8-9H2,1-3H3,(H,21,22)/t11-,14-/m1/s1. The first-order chi connectivity index (χ1) is 10.3. The molecular formula is C16H21BrN2O3. The third-order valence-corrected chi connectivity index (χ3v) is 4.54. The Kier molecular flexibility index (Phi) is 5.11. The molecule has 1 saturated heterocycles. The van der Waals surface area contributed by atoms with E-state index in [9.17, 15) is 14.7 Å². The lowest BCUT2D eigenvalue weighted by Crippen LogP contribution is -2.57. The van der Waals surface area contributed by atoms with Crippen molar-refractivity contribution in [1.82, 2.24) is 9.80 Å². The molecule has 0 saturated carbocycles. The predicted molar refractivity (Wildman–Crippen MR) is 87.6 cm³/mol. The maximum Gasteiger partial charge on any atom is 0.407 e. The number of piperazine rings is 1. The summed E-state index contributed by atoms with van der Waals surface area (Å²) in [5.41, 5.74) is 0.902. The van der Waals surface area contributed by atoms with E-state index in [0.717, 1.165) is 10.0 Å². The first-order valence-corrected chi connectivity index (χ1v) is 8.16. The fraction of sp³-hybridized carbons (Fsp3) is 0.500. The third-order valence-electron chi connectivity index (χ3n) is 4.02. The molecule has 0 aromatic heterocycles. The van der Waals surface area contributed by atoms with Crippen LogP contribution in [0.5, 0.6) is 0 Å². The summed E-state index contributed by atoms with van der Waals surface area (Å²) < 4.78 is 0.942. The lowest BCUT2D eigenvalue weighted by atomic mass is 9.99. The number of hydrogen-bond acceptors (Lipinski definition) is 2. The van der Waals surface area contributed by atoms with Gasteiger partial charge in [0, 0.05) is 29.5 Å². The monoisotopic (exact) mass is 368 g/mol. The molecule has 0 aliphatic carbocycles. The van der Waals surface area contributed by atoms with Crippen LogP contribution in [-0.4, -0.2) is 46.0 Å². The summed E-state index contributed by atoms with van der Waals surface area (Å²) in [6.45, 7) is 6.36. The average Bonchev–Trinajstić information content (AvgIpc) is 2.47. The second-order valence-corrected chi connectivity index (χ2v) is 6.91. The zero-order valence-electron chi connectivity index (χ0n) is 13.0. The average molecular weight is 369 g/mol. The molecule has 2 rings (SSSR count). The van der Waals surface area contributed by atoms with E-state index >= 15 is 0 Å². The molecule has 0 bridgehead atoms. The smallest absolute Gasteiger partial charge is 0.407 e. The number of nitrogens with zero attached hydrogens (tertiary/aromatic N) is 2. The van der Waals surface area contributed by atoms with Crippen molar-refractivity contribution >= 4 is 27.9 Å². The number of rotatable bonds is 2. The van der Waals surface area contributed by atoms with Gasteiger partial charge in [0.2, 0.25) is 5.91 Å². The van der Waals surface area contributed by atoms with Gasteiger partial charge in [-0.05, 0) is 24.6 Å². The molecular weight excluding hydrogens is 348 g/mol. The first-order valence-electron chi connectivity index (χ1n) is 7.36. The number of carbonyl (C=O) groups is 2. The first kappa shape index (κ1) is 16.8. The number of hydrogen-bond donors (Lipinski definition) is 1. The van der Waals surface area contributed by atoms with Crippen molar-refractivity contribution in [3.8, 4) is 0 Å². The van der Waals surface area contributed by atoms with Gasteiger partial charge in [-0.15, -0.1) is 0 Å². The van der Waals surface area contributed by atoms with Gasteiger partial charge in [-0.3, -0.25) is 9.69 Å². The SMILES string of the molecule is CC(C)C(=O)N1C[C@H](c2ccc(Br)cc2)N(C(=O)O)C[C@H]1C. The van der Waals surface area contributed by atoms with Gasteiger partial charge >= 0.3 is 6.09 Å². The highest BCUT2D eigenvalue weighted by Gasteiger charge is 2.37. The normalized spacial score (nSPS) is 22.0. The van der Waals surface area contributed by atoms with E-state index in [-0.39, 0.29) is 23.9 Å². The molecule has 1 heterocycles. The molecule has 1 fully saturated rings. The summed E-state index contributed by atoms with van der Waals surface area (Å²) in [6.07, 6.45) is -0.948. The van der Waals surface area contributed by atoms with Gasteiger partial charge in [0.15, 0.2) is 0 Å². The van der Waals surface area contributed by atoms with E-state index in [4.69, 9.17) is 0 Å². The highest BCUT2D eigenvalue weighted by atomic mass is 79.9. The van der Waals surface area contributed by atoms with Gasteiger partial charge in [-0.25, -0.2) is 4.79 Å². The summed E-state index contributed by atoms with van der Waals surface area (Å²) in [4.78, 5) is 27.2. The van der Waals surface area contributed by atoms with E-state index in [2.05, 4.69) is 15.9 Å². The number of amides is 2. The lowest BCUT2D eigenvalue weighted by Gasteiger charge is -2.44. The summed E-state index contributed by atoms with van der Waals surface area (Å²) >= 11 is 3.38. The maximum atomic E-state index is 12.4. The number of carbonyl (C=O) groups excluding carboxylic acids is 1. The molecule has 2 atom stereocenters. The van der Waals surface area contributed by atoms with E-state index in [1.54, 1.807) is 4.90 Å². The van der Waals surface area contributed by atoms with Crippen molar-refractivity contribution < 1.29 is 14.7 Å². The molecule has 1 aromatic carbocycles. The molecule has 120 valence electrons. The van der Waals surface area contributed by atoms with Crippen LogP contribution in [0.1, 0.15) is 32.4 Å². The van der Waals surface area contributed by atoms with Crippen molar-refractivity contribution in [2.24, 2.45) is 5.92 Å². The molecule has 1 aliphatic heterocycles. The van der Waals surface area contributed by atoms with Crippen molar-refractivity contribution in [1.29, 1.82) is 0 Å². The summed E-state index contributed by atoms with van der Waals surface area (Å²) in [6, 6.07) is 7.14. The van der Waals surface area contributed by atoms with Crippen LogP contribution in [-0.2, 0) is 4.79 Å². The van der Waals surface area contributed by atoms with Crippen LogP contribution >= 0.6 is 15.9 Å². The third kappa shape index (κ3) is 3.43. The van der Waals surface area contributed by atoms with E-state index in [1.807, 2.05) is 45.0 Å². The van der Waals surface area contributed by atoms with Crippen LogP contribution in [0, 0.1) is 5.92 Å². The van der Waals surface area contributed by atoms with E-state index < -0.39 is 6.09 Å². The van der Waals surface area contributed by atoms with Crippen LogP contribution in [0.15, 0.2) is 28.7 Å². The molecule has 22 heavy (non-hydrogen) atoms. The van der Waals surface area contributed by atoms with Crippen LogP contribution in [0.25, 0.3) is 0 Å². The van der Waals surface area contributed by atoms with Crippen molar-refractivity contribution in [2.45, 2.75) is 32.9 Å². The Morgan fingerprint density at radius 3 is 2.27 bits per heavy atom. The predicted octanol–water partition coefficient (Wildman–Crippen LogP) is 3.36. The molecule has 0 radical (unpaired) electrons. The van der Waals surface area contributed by atoms with Gasteiger partial charge in [-0.1, -0.05) is 41.9 Å². The van der Waals surface area contributed by atoms with E-state index in [0.29, 0.717) is 13.1 Å². The van der Waals surface area contributed by atoms with E-state index in [1.165, 1.54) is 4.90 Å². The Bertz CT molecular complexity index is 559. The molecule has 0 spiro atoms. The number of benzene rings is 1. The Morgan fingerprint density at radius 1 is 1.18 bits per heavy atom.